The summed E-state index contributed by atoms with van der Waals surface area (Å²) in [6.45, 7) is 3.71. The van der Waals surface area contributed by atoms with Crippen molar-refractivity contribution in [2.45, 2.75) is 19.9 Å². The van der Waals surface area contributed by atoms with Gasteiger partial charge in [-0.05, 0) is 19.9 Å². The lowest BCUT2D eigenvalue weighted by Gasteiger charge is -2.22. The number of rotatable bonds is 3. The number of non-ortho nitro benzene ring substituents is 1. The molecule has 1 rings (SSSR count). The average Bonchev–Trinajstić information content (AvgIpc) is 2.27. The smallest absolute Gasteiger partial charge is 0.270 e. The summed E-state index contributed by atoms with van der Waals surface area (Å²) in [5.41, 5.74) is 5.93. The van der Waals surface area contributed by atoms with Crippen molar-refractivity contribution in [1.82, 2.24) is 4.90 Å². The lowest BCUT2D eigenvalue weighted by atomic mass is 10.1. The highest BCUT2D eigenvalue weighted by Gasteiger charge is 2.19. The van der Waals surface area contributed by atoms with Crippen molar-refractivity contribution in [3.05, 3.63) is 33.9 Å². The number of hydrogen-bond acceptors (Lipinski definition) is 4. The number of nitrogens with two attached hydrogens (primary N) is 1. The van der Waals surface area contributed by atoms with E-state index < -0.39 is 4.92 Å². The SMILES string of the molecule is CC(C)N(C)C(=O)c1cc([N+](=O)[O-])ccc1N. The molecule has 0 heterocycles. The Hall–Kier alpha value is -2.11. The van der Waals surface area contributed by atoms with Gasteiger partial charge in [-0.25, -0.2) is 0 Å². The molecule has 92 valence electrons. The molecule has 0 spiro atoms. The van der Waals surface area contributed by atoms with E-state index in [1.165, 1.54) is 23.1 Å². The van der Waals surface area contributed by atoms with Gasteiger partial charge in [0.2, 0.25) is 0 Å². The molecule has 0 aliphatic carbocycles. The fraction of sp³-hybridized carbons (Fsp3) is 0.364. The van der Waals surface area contributed by atoms with Crippen molar-refractivity contribution in [3.63, 3.8) is 0 Å². The third kappa shape index (κ3) is 2.72. The van der Waals surface area contributed by atoms with Crippen LogP contribution in [0, 0.1) is 10.1 Å². The standard InChI is InChI=1S/C11H15N3O3/c1-7(2)13(3)11(15)9-6-8(14(16)17)4-5-10(9)12/h4-7H,12H2,1-3H3. The zero-order valence-corrected chi connectivity index (χ0v) is 10.0. The van der Waals surface area contributed by atoms with Crippen LogP contribution in [-0.4, -0.2) is 28.8 Å². The first kappa shape index (κ1) is 13.0. The van der Waals surface area contributed by atoms with Crippen LogP contribution in [0.15, 0.2) is 18.2 Å². The Morgan fingerprint density at radius 1 is 1.47 bits per heavy atom. The Kier molecular flexibility index (Phi) is 3.67. The first-order valence-electron chi connectivity index (χ1n) is 5.15. The van der Waals surface area contributed by atoms with Crippen LogP contribution in [-0.2, 0) is 0 Å². The second-order valence-electron chi connectivity index (χ2n) is 4.04. The number of nitrogen functional groups attached to an aromatic ring is 1. The maximum Gasteiger partial charge on any atom is 0.270 e. The molecule has 1 amide bonds. The van der Waals surface area contributed by atoms with Crippen LogP contribution in [0.3, 0.4) is 0 Å². The highest BCUT2D eigenvalue weighted by Crippen LogP contribution is 2.21. The molecule has 0 aliphatic rings. The number of nitrogens with zero attached hydrogens (tertiary/aromatic N) is 2. The maximum atomic E-state index is 12.0. The molecule has 6 heteroatoms. The number of hydrogen-bond donors (Lipinski definition) is 1. The summed E-state index contributed by atoms with van der Waals surface area (Å²) in [7, 11) is 1.63. The minimum Gasteiger partial charge on any atom is -0.398 e. The van der Waals surface area contributed by atoms with E-state index >= 15 is 0 Å². The Bertz CT molecular complexity index is 457. The predicted molar refractivity (Wildman–Crippen MR) is 64.7 cm³/mol. The van der Waals surface area contributed by atoms with E-state index in [0.29, 0.717) is 0 Å². The summed E-state index contributed by atoms with van der Waals surface area (Å²) < 4.78 is 0. The number of benzene rings is 1. The molecular weight excluding hydrogens is 222 g/mol. The number of carbonyl (C=O) groups is 1. The van der Waals surface area contributed by atoms with Gasteiger partial charge in [0, 0.05) is 30.9 Å². The summed E-state index contributed by atoms with van der Waals surface area (Å²) in [5, 5.41) is 10.6. The van der Waals surface area contributed by atoms with Crippen molar-refractivity contribution in [2.24, 2.45) is 0 Å². The van der Waals surface area contributed by atoms with Crippen LogP contribution in [0.5, 0.6) is 0 Å². The Morgan fingerprint density at radius 2 is 2.06 bits per heavy atom. The van der Waals surface area contributed by atoms with E-state index in [0.717, 1.165) is 0 Å². The number of carbonyl (C=O) groups excluding carboxylic acids is 1. The minimum absolute atomic E-state index is 0.00108. The highest BCUT2D eigenvalue weighted by molar-refractivity contribution is 5.99. The van der Waals surface area contributed by atoms with Gasteiger partial charge in [0.1, 0.15) is 0 Å². The molecule has 17 heavy (non-hydrogen) atoms. The van der Waals surface area contributed by atoms with Crippen molar-refractivity contribution in [2.75, 3.05) is 12.8 Å². The molecule has 0 aliphatic heterocycles. The fourth-order valence-corrected chi connectivity index (χ4v) is 1.27. The van der Waals surface area contributed by atoms with Gasteiger partial charge < -0.3 is 10.6 Å². The van der Waals surface area contributed by atoms with Crippen molar-refractivity contribution in [3.8, 4) is 0 Å². The van der Waals surface area contributed by atoms with Gasteiger partial charge in [-0.15, -0.1) is 0 Å². The third-order valence-electron chi connectivity index (χ3n) is 2.57. The molecule has 1 aromatic carbocycles. The first-order chi connectivity index (χ1) is 7.84. The van der Waals surface area contributed by atoms with Gasteiger partial charge in [-0.2, -0.15) is 0 Å². The van der Waals surface area contributed by atoms with Crippen LogP contribution in [0.4, 0.5) is 11.4 Å². The molecule has 0 bridgehead atoms. The van der Waals surface area contributed by atoms with Gasteiger partial charge >= 0.3 is 0 Å². The number of amides is 1. The summed E-state index contributed by atoms with van der Waals surface area (Å²) >= 11 is 0. The largest absolute Gasteiger partial charge is 0.398 e. The molecule has 1 aromatic rings. The van der Waals surface area contributed by atoms with E-state index in [-0.39, 0.29) is 28.9 Å². The zero-order valence-electron chi connectivity index (χ0n) is 10.0. The number of nitro groups is 1. The van der Waals surface area contributed by atoms with Crippen molar-refractivity contribution < 1.29 is 9.72 Å². The third-order valence-corrected chi connectivity index (χ3v) is 2.57. The first-order valence-corrected chi connectivity index (χ1v) is 5.15. The average molecular weight is 237 g/mol. The topological polar surface area (TPSA) is 89.5 Å². The monoisotopic (exact) mass is 237 g/mol. The quantitative estimate of drug-likeness (QED) is 0.491. The lowest BCUT2D eigenvalue weighted by molar-refractivity contribution is -0.384. The number of anilines is 1. The van der Waals surface area contributed by atoms with Crippen LogP contribution in [0.2, 0.25) is 0 Å². The summed E-state index contributed by atoms with van der Waals surface area (Å²) in [6.07, 6.45) is 0. The minimum atomic E-state index is -0.550. The molecule has 6 nitrogen and oxygen atoms in total. The van der Waals surface area contributed by atoms with E-state index in [4.69, 9.17) is 5.73 Å². The molecule has 0 fully saturated rings. The Balaban J connectivity index is 3.17. The van der Waals surface area contributed by atoms with Crippen LogP contribution in [0.25, 0.3) is 0 Å². The van der Waals surface area contributed by atoms with E-state index in [1.807, 2.05) is 13.8 Å². The summed E-state index contributed by atoms with van der Waals surface area (Å²) in [5.74, 6) is -0.318. The van der Waals surface area contributed by atoms with Gasteiger partial charge in [0.25, 0.3) is 11.6 Å². The van der Waals surface area contributed by atoms with Crippen molar-refractivity contribution in [1.29, 1.82) is 0 Å². The summed E-state index contributed by atoms with van der Waals surface area (Å²) in [4.78, 5) is 23.6. The molecule has 0 aromatic heterocycles. The highest BCUT2D eigenvalue weighted by atomic mass is 16.6. The maximum absolute atomic E-state index is 12.0. The van der Waals surface area contributed by atoms with Gasteiger partial charge in [0.15, 0.2) is 0 Å². The number of nitro benzene ring substituents is 1. The Morgan fingerprint density at radius 3 is 2.53 bits per heavy atom. The van der Waals surface area contributed by atoms with Crippen LogP contribution < -0.4 is 5.73 Å². The lowest BCUT2D eigenvalue weighted by Crippen LogP contribution is -2.33. The van der Waals surface area contributed by atoms with Gasteiger partial charge in [-0.1, -0.05) is 0 Å². The molecule has 0 saturated heterocycles. The fourth-order valence-electron chi connectivity index (χ4n) is 1.27. The van der Waals surface area contributed by atoms with Crippen LogP contribution >= 0.6 is 0 Å². The van der Waals surface area contributed by atoms with E-state index in [2.05, 4.69) is 0 Å². The molecule has 0 radical (unpaired) electrons. The van der Waals surface area contributed by atoms with Crippen LogP contribution in [0.1, 0.15) is 24.2 Å². The molecule has 2 N–H and O–H groups in total. The summed E-state index contributed by atoms with van der Waals surface area (Å²) in [6, 6.07) is 3.86. The predicted octanol–water partition coefficient (Wildman–Crippen LogP) is 1.66. The van der Waals surface area contributed by atoms with Crippen molar-refractivity contribution >= 4 is 17.3 Å². The zero-order chi connectivity index (χ0) is 13.2. The molecule has 0 unspecified atom stereocenters. The second kappa shape index (κ2) is 4.82. The van der Waals surface area contributed by atoms with E-state index in [9.17, 15) is 14.9 Å². The molecule has 0 atom stereocenters. The second-order valence-corrected chi connectivity index (χ2v) is 4.04. The molecular formula is C11H15N3O3. The Labute approximate surface area is 99.2 Å². The van der Waals surface area contributed by atoms with Gasteiger partial charge in [-0.3, -0.25) is 14.9 Å². The van der Waals surface area contributed by atoms with Gasteiger partial charge in [0.05, 0.1) is 10.5 Å². The van der Waals surface area contributed by atoms with E-state index in [1.54, 1.807) is 7.05 Å². The normalized spacial score (nSPS) is 10.4. The molecule has 0 saturated carbocycles.